The minimum absolute atomic E-state index is 0.0457. The molecule has 1 aliphatic rings. The van der Waals surface area contributed by atoms with Crippen LogP contribution in [0.5, 0.6) is 5.75 Å². The summed E-state index contributed by atoms with van der Waals surface area (Å²) in [4.78, 5) is 14.4. The second-order valence-electron chi connectivity index (χ2n) is 5.49. The van der Waals surface area contributed by atoms with Crippen LogP contribution in [0.15, 0.2) is 18.2 Å². The fraction of sp³-hybridized carbons (Fsp3) is 0.533. The molecule has 2 N–H and O–H groups in total. The van der Waals surface area contributed by atoms with Crippen LogP contribution in [0.25, 0.3) is 0 Å². The van der Waals surface area contributed by atoms with Crippen molar-refractivity contribution in [1.82, 2.24) is 4.90 Å². The van der Waals surface area contributed by atoms with Crippen molar-refractivity contribution >= 4 is 11.6 Å². The van der Waals surface area contributed by atoms with E-state index in [1.54, 1.807) is 25.3 Å². The van der Waals surface area contributed by atoms with Crippen LogP contribution in [0.1, 0.15) is 30.6 Å². The Morgan fingerprint density at radius 1 is 1.32 bits per heavy atom. The van der Waals surface area contributed by atoms with Crippen molar-refractivity contribution < 1.29 is 9.53 Å². The van der Waals surface area contributed by atoms with E-state index < -0.39 is 0 Å². The number of ether oxygens (including phenoxy) is 1. The van der Waals surface area contributed by atoms with E-state index in [0.29, 0.717) is 28.8 Å². The number of piperidine rings is 1. The summed E-state index contributed by atoms with van der Waals surface area (Å²) in [6, 6.07) is 5.19. The number of amides is 1. The van der Waals surface area contributed by atoms with Gasteiger partial charge in [-0.05, 0) is 30.4 Å². The summed E-state index contributed by atoms with van der Waals surface area (Å²) in [5, 5.41) is 0. The fourth-order valence-corrected chi connectivity index (χ4v) is 2.49. The number of anilines is 1. The smallest absolute Gasteiger partial charge is 0.254 e. The Hall–Kier alpha value is -1.71. The Labute approximate surface area is 114 Å². The van der Waals surface area contributed by atoms with Crippen molar-refractivity contribution in [2.24, 2.45) is 11.8 Å². The van der Waals surface area contributed by atoms with Crippen LogP contribution in [0, 0.1) is 11.8 Å². The number of likely N-dealkylation sites (tertiary alicyclic amines) is 1. The van der Waals surface area contributed by atoms with E-state index in [-0.39, 0.29) is 5.91 Å². The number of nitrogens with two attached hydrogens (primary N) is 1. The van der Waals surface area contributed by atoms with Crippen LogP contribution in [0.3, 0.4) is 0 Å². The van der Waals surface area contributed by atoms with Crippen molar-refractivity contribution in [3.63, 3.8) is 0 Å². The molecule has 1 aromatic rings. The maximum absolute atomic E-state index is 12.5. The average Bonchev–Trinajstić information content (AvgIpc) is 2.40. The van der Waals surface area contributed by atoms with Crippen LogP contribution in [0.4, 0.5) is 5.69 Å². The van der Waals surface area contributed by atoms with E-state index in [4.69, 9.17) is 10.5 Å². The molecule has 0 saturated carbocycles. The van der Waals surface area contributed by atoms with Crippen molar-refractivity contribution in [1.29, 1.82) is 0 Å². The van der Waals surface area contributed by atoms with Crippen LogP contribution in [-0.2, 0) is 0 Å². The molecule has 0 bridgehead atoms. The minimum Gasteiger partial charge on any atom is -0.497 e. The minimum atomic E-state index is 0.0457. The molecule has 0 radical (unpaired) electrons. The van der Waals surface area contributed by atoms with E-state index >= 15 is 0 Å². The van der Waals surface area contributed by atoms with E-state index in [0.717, 1.165) is 19.5 Å². The molecule has 4 heteroatoms. The maximum atomic E-state index is 12.5. The van der Waals surface area contributed by atoms with Gasteiger partial charge in [0.1, 0.15) is 5.75 Å². The highest BCUT2D eigenvalue weighted by Crippen LogP contribution is 2.25. The zero-order valence-electron chi connectivity index (χ0n) is 11.8. The lowest BCUT2D eigenvalue weighted by Crippen LogP contribution is -2.42. The normalized spacial score (nSPS) is 23.2. The van der Waals surface area contributed by atoms with Gasteiger partial charge in [0, 0.05) is 30.4 Å². The van der Waals surface area contributed by atoms with Gasteiger partial charge in [0.05, 0.1) is 7.11 Å². The zero-order valence-corrected chi connectivity index (χ0v) is 11.8. The van der Waals surface area contributed by atoms with Gasteiger partial charge < -0.3 is 15.4 Å². The number of hydrogen-bond donors (Lipinski definition) is 1. The van der Waals surface area contributed by atoms with Crippen LogP contribution in [0.2, 0.25) is 0 Å². The first kappa shape index (κ1) is 13.7. The van der Waals surface area contributed by atoms with E-state index in [1.807, 2.05) is 4.90 Å². The molecule has 2 rings (SSSR count). The summed E-state index contributed by atoms with van der Waals surface area (Å²) in [7, 11) is 1.58. The lowest BCUT2D eigenvalue weighted by molar-refractivity contribution is 0.0627. The molecule has 1 fully saturated rings. The number of nitrogens with zero attached hydrogens (tertiary/aromatic N) is 1. The summed E-state index contributed by atoms with van der Waals surface area (Å²) in [6.07, 6.45) is 1.06. The molecule has 0 aromatic heterocycles. The molecule has 1 saturated heterocycles. The molecule has 1 aliphatic heterocycles. The molecule has 1 heterocycles. The number of rotatable bonds is 2. The molecule has 4 nitrogen and oxygen atoms in total. The molecular weight excluding hydrogens is 240 g/mol. The standard InChI is InChI=1S/C15H22N2O2/c1-10-4-5-17(9-11(10)2)15(18)12-6-13(16)8-14(7-12)19-3/h6-8,10-11H,4-5,9,16H2,1-3H3. The Bertz CT molecular complexity index is 473. The maximum Gasteiger partial charge on any atom is 0.254 e. The highest BCUT2D eigenvalue weighted by molar-refractivity contribution is 5.95. The third-order valence-corrected chi connectivity index (χ3v) is 4.03. The lowest BCUT2D eigenvalue weighted by atomic mass is 9.88. The molecule has 104 valence electrons. The zero-order chi connectivity index (χ0) is 14.0. The van der Waals surface area contributed by atoms with Gasteiger partial charge in [0.2, 0.25) is 0 Å². The van der Waals surface area contributed by atoms with Crippen LogP contribution >= 0.6 is 0 Å². The van der Waals surface area contributed by atoms with Gasteiger partial charge in [-0.15, -0.1) is 0 Å². The monoisotopic (exact) mass is 262 g/mol. The first-order valence-electron chi connectivity index (χ1n) is 6.75. The van der Waals surface area contributed by atoms with Gasteiger partial charge in [-0.3, -0.25) is 4.79 Å². The molecule has 2 atom stereocenters. The topological polar surface area (TPSA) is 55.6 Å². The van der Waals surface area contributed by atoms with Crippen LogP contribution in [-0.4, -0.2) is 31.0 Å². The third-order valence-electron chi connectivity index (χ3n) is 4.03. The largest absolute Gasteiger partial charge is 0.497 e. The Morgan fingerprint density at radius 3 is 2.68 bits per heavy atom. The summed E-state index contributed by atoms with van der Waals surface area (Å²) < 4.78 is 5.16. The van der Waals surface area contributed by atoms with Gasteiger partial charge in [0.25, 0.3) is 5.91 Å². The average molecular weight is 262 g/mol. The number of carbonyl (C=O) groups is 1. The highest BCUT2D eigenvalue weighted by atomic mass is 16.5. The van der Waals surface area contributed by atoms with Gasteiger partial charge in [-0.2, -0.15) is 0 Å². The Kier molecular flexibility index (Phi) is 3.98. The third kappa shape index (κ3) is 3.00. The summed E-state index contributed by atoms with van der Waals surface area (Å²) >= 11 is 0. The molecule has 1 aromatic carbocycles. The summed E-state index contributed by atoms with van der Waals surface area (Å²) in [5.41, 5.74) is 6.97. The molecule has 0 aliphatic carbocycles. The van der Waals surface area contributed by atoms with Gasteiger partial charge in [0.15, 0.2) is 0 Å². The summed E-state index contributed by atoms with van der Waals surface area (Å²) in [5.74, 6) is 1.89. The van der Waals surface area contributed by atoms with E-state index in [2.05, 4.69) is 13.8 Å². The molecule has 0 spiro atoms. The van der Waals surface area contributed by atoms with Crippen molar-refractivity contribution in [3.8, 4) is 5.75 Å². The first-order valence-corrected chi connectivity index (χ1v) is 6.75. The molecule has 1 amide bonds. The first-order chi connectivity index (χ1) is 9.01. The Balaban J connectivity index is 2.17. The lowest BCUT2D eigenvalue weighted by Gasteiger charge is -2.35. The van der Waals surface area contributed by atoms with Gasteiger partial charge in [-0.25, -0.2) is 0 Å². The van der Waals surface area contributed by atoms with Crippen molar-refractivity contribution in [2.75, 3.05) is 25.9 Å². The second kappa shape index (κ2) is 5.51. The van der Waals surface area contributed by atoms with E-state index in [9.17, 15) is 4.79 Å². The van der Waals surface area contributed by atoms with E-state index in [1.165, 1.54) is 0 Å². The number of methoxy groups -OCH3 is 1. The van der Waals surface area contributed by atoms with Crippen molar-refractivity contribution in [3.05, 3.63) is 23.8 Å². The van der Waals surface area contributed by atoms with Crippen LogP contribution < -0.4 is 10.5 Å². The highest BCUT2D eigenvalue weighted by Gasteiger charge is 2.26. The predicted molar refractivity (Wildman–Crippen MR) is 76.3 cm³/mol. The number of carbonyl (C=O) groups excluding carboxylic acids is 1. The van der Waals surface area contributed by atoms with Gasteiger partial charge >= 0.3 is 0 Å². The Morgan fingerprint density at radius 2 is 2.05 bits per heavy atom. The number of benzene rings is 1. The predicted octanol–water partition coefficient (Wildman–Crippen LogP) is 2.40. The fourth-order valence-electron chi connectivity index (χ4n) is 2.49. The summed E-state index contributed by atoms with van der Waals surface area (Å²) in [6.45, 7) is 6.08. The quantitative estimate of drug-likeness (QED) is 0.833. The number of nitrogen functional groups attached to an aromatic ring is 1. The SMILES string of the molecule is COc1cc(N)cc(C(=O)N2CCC(C)C(C)C2)c1. The molecular formula is C15H22N2O2. The molecule has 2 unspecified atom stereocenters. The number of hydrogen-bond acceptors (Lipinski definition) is 3. The van der Waals surface area contributed by atoms with Crippen molar-refractivity contribution in [2.45, 2.75) is 20.3 Å². The second-order valence-corrected chi connectivity index (χ2v) is 5.49. The van der Waals surface area contributed by atoms with Gasteiger partial charge in [-0.1, -0.05) is 13.8 Å². The molecule has 19 heavy (non-hydrogen) atoms.